The molecule has 4 aromatic rings. The van der Waals surface area contributed by atoms with Gasteiger partial charge in [-0.1, -0.05) is 42.1 Å². The average Bonchev–Trinajstić information content (AvgIpc) is 3.23. The molecule has 0 bridgehead atoms. The number of aromatic nitrogens is 3. The zero-order chi connectivity index (χ0) is 22.3. The van der Waals surface area contributed by atoms with Crippen molar-refractivity contribution in [2.75, 3.05) is 11.6 Å². The van der Waals surface area contributed by atoms with Gasteiger partial charge in [0.1, 0.15) is 5.76 Å². The topological polar surface area (TPSA) is 73.1 Å². The fraction of sp³-hybridized carbons (Fsp3) is 0.136. The molecule has 1 aliphatic rings. The molecule has 1 N–H and O–H groups in total. The molecule has 0 unspecified atom stereocenters. The first-order valence-electron chi connectivity index (χ1n) is 9.51. The van der Waals surface area contributed by atoms with E-state index in [1.165, 1.54) is 17.8 Å². The van der Waals surface area contributed by atoms with Gasteiger partial charge >= 0.3 is 6.18 Å². The Labute approximate surface area is 184 Å². The lowest BCUT2D eigenvalue weighted by molar-refractivity contribution is -0.137. The monoisotopic (exact) mass is 456 g/mol. The van der Waals surface area contributed by atoms with Gasteiger partial charge in [-0.15, -0.1) is 10.2 Å². The standard InChI is InChI=1S/C22H15F3N4O2S/c1-32-21-27-20-18(28-29-21)14-7-2-3-8-15(14)26-19(31-20)17-10-9-16(30-17)12-5-4-6-13(11-12)22(23,24)25/h2-11,19,26H,1H3/t19-/m1/s1. The van der Waals surface area contributed by atoms with Crippen LogP contribution in [-0.2, 0) is 6.18 Å². The van der Waals surface area contributed by atoms with Crippen LogP contribution >= 0.6 is 11.8 Å². The summed E-state index contributed by atoms with van der Waals surface area (Å²) in [5.74, 6) is 0.952. The summed E-state index contributed by atoms with van der Waals surface area (Å²) in [6.45, 7) is 0. The summed E-state index contributed by atoms with van der Waals surface area (Å²) in [5, 5.41) is 12.1. The molecular weight excluding hydrogens is 441 g/mol. The van der Waals surface area contributed by atoms with Crippen LogP contribution in [0, 0.1) is 0 Å². The maximum absolute atomic E-state index is 13.1. The quantitative estimate of drug-likeness (QED) is 0.377. The number of benzene rings is 2. The molecule has 0 fully saturated rings. The van der Waals surface area contributed by atoms with Gasteiger partial charge in [-0.3, -0.25) is 0 Å². The van der Waals surface area contributed by atoms with Crippen molar-refractivity contribution >= 4 is 17.4 Å². The predicted octanol–water partition coefficient (Wildman–Crippen LogP) is 6.04. The van der Waals surface area contributed by atoms with Crippen molar-refractivity contribution < 1.29 is 22.3 Å². The second kappa shape index (κ2) is 7.86. The first kappa shape index (κ1) is 20.4. The van der Waals surface area contributed by atoms with Crippen LogP contribution in [-0.4, -0.2) is 21.4 Å². The Bertz CT molecular complexity index is 1290. The molecule has 1 aliphatic heterocycles. The third-order valence-corrected chi connectivity index (χ3v) is 5.41. The number of thioether (sulfide) groups is 1. The Morgan fingerprint density at radius 2 is 1.84 bits per heavy atom. The maximum Gasteiger partial charge on any atom is 0.416 e. The smallest absolute Gasteiger partial charge is 0.416 e. The Kier molecular flexibility index (Phi) is 5.01. The van der Waals surface area contributed by atoms with Crippen molar-refractivity contribution in [3.63, 3.8) is 0 Å². The highest BCUT2D eigenvalue weighted by Crippen LogP contribution is 2.40. The van der Waals surface area contributed by atoms with Crippen molar-refractivity contribution in [2.24, 2.45) is 0 Å². The van der Waals surface area contributed by atoms with E-state index in [4.69, 9.17) is 9.15 Å². The fourth-order valence-corrected chi connectivity index (χ4v) is 3.66. The van der Waals surface area contributed by atoms with Crippen molar-refractivity contribution in [1.29, 1.82) is 0 Å². The van der Waals surface area contributed by atoms with Crippen LogP contribution < -0.4 is 10.1 Å². The van der Waals surface area contributed by atoms with Gasteiger partial charge in [-0.2, -0.15) is 18.2 Å². The number of hydrogen-bond acceptors (Lipinski definition) is 7. The Balaban J connectivity index is 1.53. The Morgan fingerprint density at radius 1 is 1.00 bits per heavy atom. The number of ether oxygens (including phenoxy) is 1. The van der Waals surface area contributed by atoms with Crippen molar-refractivity contribution in [3.05, 3.63) is 72.0 Å². The van der Waals surface area contributed by atoms with Crippen LogP contribution in [0.25, 0.3) is 22.6 Å². The largest absolute Gasteiger partial charge is 0.455 e. The summed E-state index contributed by atoms with van der Waals surface area (Å²) in [4.78, 5) is 4.43. The highest BCUT2D eigenvalue weighted by atomic mass is 32.2. The number of anilines is 1. The minimum atomic E-state index is -4.44. The summed E-state index contributed by atoms with van der Waals surface area (Å²) in [6.07, 6.45) is -3.38. The van der Waals surface area contributed by atoms with Crippen LogP contribution in [0.1, 0.15) is 17.6 Å². The van der Waals surface area contributed by atoms with Crippen LogP contribution in [0.3, 0.4) is 0 Å². The second-order valence-electron chi connectivity index (χ2n) is 6.92. The molecule has 3 heterocycles. The lowest BCUT2D eigenvalue weighted by Gasteiger charge is -2.16. The minimum Gasteiger partial charge on any atom is -0.455 e. The van der Waals surface area contributed by atoms with E-state index in [0.717, 1.165) is 23.4 Å². The van der Waals surface area contributed by atoms with Crippen LogP contribution in [0.15, 0.2) is 70.2 Å². The van der Waals surface area contributed by atoms with Crippen molar-refractivity contribution in [2.45, 2.75) is 17.6 Å². The van der Waals surface area contributed by atoms with E-state index in [0.29, 0.717) is 27.9 Å². The van der Waals surface area contributed by atoms with Crippen molar-refractivity contribution in [1.82, 2.24) is 15.2 Å². The van der Waals surface area contributed by atoms with Gasteiger partial charge in [0.05, 0.1) is 5.56 Å². The molecule has 6 nitrogen and oxygen atoms in total. The van der Waals surface area contributed by atoms with E-state index in [2.05, 4.69) is 20.5 Å². The summed E-state index contributed by atoms with van der Waals surface area (Å²) in [5.41, 5.74) is 1.56. The predicted molar refractivity (Wildman–Crippen MR) is 113 cm³/mol. The molecule has 0 amide bonds. The van der Waals surface area contributed by atoms with Gasteiger partial charge in [0.25, 0.3) is 0 Å². The summed E-state index contributed by atoms with van der Waals surface area (Å²) in [7, 11) is 0. The number of alkyl halides is 3. The molecule has 0 saturated carbocycles. The van der Waals surface area contributed by atoms with Gasteiger partial charge in [-0.25, -0.2) is 0 Å². The van der Waals surface area contributed by atoms with E-state index in [1.54, 1.807) is 18.2 Å². The molecular formula is C22H15F3N4O2S. The molecule has 2 aromatic carbocycles. The van der Waals surface area contributed by atoms with Crippen LogP contribution in [0.2, 0.25) is 0 Å². The van der Waals surface area contributed by atoms with Crippen LogP contribution in [0.4, 0.5) is 18.9 Å². The normalized spacial score (nSPS) is 15.2. The number of para-hydroxylation sites is 1. The molecule has 0 saturated heterocycles. The van der Waals surface area contributed by atoms with Gasteiger partial charge in [0.2, 0.25) is 17.3 Å². The molecule has 2 aromatic heterocycles. The first-order chi connectivity index (χ1) is 15.4. The Hall–Kier alpha value is -3.53. The molecule has 0 aliphatic carbocycles. The molecule has 5 rings (SSSR count). The number of fused-ring (bicyclic) bond motifs is 3. The SMILES string of the molecule is CSc1nnc2c(n1)O[C@H](c1ccc(-c3cccc(C(F)(F)F)c3)o1)Nc1ccccc1-2. The summed E-state index contributed by atoms with van der Waals surface area (Å²) < 4.78 is 51.2. The third kappa shape index (κ3) is 3.77. The zero-order valence-electron chi connectivity index (χ0n) is 16.6. The van der Waals surface area contributed by atoms with Gasteiger partial charge in [0.15, 0.2) is 11.5 Å². The second-order valence-corrected chi connectivity index (χ2v) is 7.69. The summed E-state index contributed by atoms with van der Waals surface area (Å²) >= 11 is 1.33. The summed E-state index contributed by atoms with van der Waals surface area (Å²) in [6, 6.07) is 15.7. The number of rotatable bonds is 3. The van der Waals surface area contributed by atoms with E-state index in [-0.39, 0.29) is 5.88 Å². The van der Waals surface area contributed by atoms with E-state index >= 15 is 0 Å². The lowest BCUT2D eigenvalue weighted by atomic mass is 10.1. The van der Waals surface area contributed by atoms with Crippen molar-refractivity contribution in [3.8, 4) is 28.5 Å². The average molecular weight is 456 g/mol. The highest BCUT2D eigenvalue weighted by molar-refractivity contribution is 7.98. The van der Waals surface area contributed by atoms with E-state index < -0.39 is 18.0 Å². The molecule has 10 heteroatoms. The molecule has 1 atom stereocenters. The van der Waals surface area contributed by atoms with Gasteiger partial charge < -0.3 is 14.5 Å². The molecule has 0 spiro atoms. The van der Waals surface area contributed by atoms with E-state index in [9.17, 15) is 13.2 Å². The van der Waals surface area contributed by atoms with E-state index in [1.807, 2.05) is 30.5 Å². The van der Waals surface area contributed by atoms with Gasteiger partial charge in [0, 0.05) is 16.8 Å². The minimum absolute atomic E-state index is 0.281. The first-order valence-corrected chi connectivity index (χ1v) is 10.7. The van der Waals surface area contributed by atoms with Crippen LogP contribution in [0.5, 0.6) is 5.88 Å². The Morgan fingerprint density at radius 3 is 2.66 bits per heavy atom. The van der Waals surface area contributed by atoms with Gasteiger partial charge in [-0.05, 0) is 36.6 Å². The number of hydrogen-bond donors (Lipinski definition) is 1. The number of furan rings is 1. The lowest BCUT2D eigenvalue weighted by Crippen LogP contribution is -2.16. The third-order valence-electron chi connectivity index (χ3n) is 4.88. The maximum atomic E-state index is 13.1. The number of nitrogens with one attached hydrogen (secondary N) is 1. The highest BCUT2D eigenvalue weighted by Gasteiger charge is 2.31. The molecule has 0 radical (unpaired) electrons. The number of halogens is 3. The number of nitrogens with zero attached hydrogens (tertiary/aromatic N) is 3. The molecule has 162 valence electrons. The fourth-order valence-electron chi connectivity index (χ4n) is 3.36. The zero-order valence-corrected chi connectivity index (χ0v) is 17.4. The molecule has 32 heavy (non-hydrogen) atoms.